The average molecular weight is 435 g/mol. The largest absolute Gasteiger partial charge is 0.497 e. The van der Waals surface area contributed by atoms with E-state index in [1.807, 2.05) is 18.2 Å². The molecule has 6 nitrogen and oxygen atoms in total. The molecule has 1 amide bonds. The highest BCUT2D eigenvalue weighted by molar-refractivity contribution is 5.79. The van der Waals surface area contributed by atoms with Crippen LogP contribution in [0.3, 0.4) is 0 Å². The van der Waals surface area contributed by atoms with Crippen molar-refractivity contribution in [1.82, 2.24) is 19.8 Å². The first-order valence-electron chi connectivity index (χ1n) is 11.8. The van der Waals surface area contributed by atoms with E-state index in [-0.39, 0.29) is 11.8 Å². The minimum atomic E-state index is 0.133. The number of ether oxygens (including phenoxy) is 1. The quantitative estimate of drug-likeness (QED) is 0.502. The summed E-state index contributed by atoms with van der Waals surface area (Å²) in [6, 6.07) is 16.4. The van der Waals surface area contributed by atoms with Gasteiger partial charge in [-0.1, -0.05) is 31.9 Å². The number of piperidine rings is 1. The van der Waals surface area contributed by atoms with Gasteiger partial charge in [-0.3, -0.25) is 14.3 Å². The maximum atomic E-state index is 12.5. The smallest absolute Gasteiger partial charge is 0.223 e. The van der Waals surface area contributed by atoms with Crippen molar-refractivity contribution < 1.29 is 9.53 Å². The Bertz CT molecular complexity index is 1020. The Hall–Kier alpha value is -2.86. The highest BCUT2D eigenvalue weighted by Crippen LogP contribution is 2.26. The number of amides is 1. The van der Waals surface area contributed by atoms with Crippen molar-refractivity contribution in [1.29, 1.82) is 0 Å². The van der Waals surface area contributed by atoms with Crippen molar-refractivity contribution in [2.24, 2.45) is 5.92 Å². The second-order valence-electron chi connectivity index (χ2n) is 8.60. The number of nitrogens with one attached hydrogen (secondary N) is 1. The summed E-state index contributed by atoms with van der Waals surface area (Å²) in [6.45, 7) is 5.59. The third-order valence-electron chi connectivity index (χ3n) is 6.36. The van der Waals surface area contributed by atoms with E-state index in [0.717, 1.165) is 73.7 Å². The number of para-hydroxylation sites is 2. The zero-order valence-corrected chi connectivity index (χ0v) is 19.2. The van der Waals surface area contributed by atoms with Crippen LogP contribution in [0.4, 0.5) is 0 Å². The van der Waals surface area contributed by atoms with E-state index in [2.05, 4.69) is 52.0 Å². The normalized spacial score (nSPS) is 15.2. The van der Waals surface area contributed by atoms with Crippen LogP contribution in [-0.2, 0) is 11.3 Å². The Morgan fingerprint density at radius 1 is 1.09 bits per heavy atom. The lowest BCUT2D eigenvalue weighted by molar-refractivity contribution is -0.126. The van der Waals surface area contributed by atoms with Crippen molar-refractivity contribution in [3.05, 3.63) is 54.4 Å². The first-order chi connectivity index (χ1) is 15.7. The van der Waals surface area contributed by atoms with Crippen LogP contribution < -0.4 is 10.1 Å². The van der Waals surface area contributed by atoms with Crippen LogP contribution in [0.1, 0.15) is 44.9 Å². The Morgan fingerprint density at radius 3 is 2.56 bits per heavy atom. The minimum Gasteiger partial charge on any atom is -0.497 e. The van der Waals surface area contributed by atoms with Gasteiger partial charge in [0.1, 0.15) is 11.6 Å². The van der Waals surface area contributed by atoms with E-state index in [9.17, 15) is 4.79 Å². The molecule has 1 N–H and O–H groups in total. The summed E-state index contributed by atoms with van der Waals surface area (Å²) in [5.41, 5.74) is 3.18. The number of likely N-dealkylation sites (tertiary alicyclic amines) is 1. The maximum absolute atomic E-state index is 12.5. The van der Waals surface area contributed by atoms with E-state index in [4.69, 9.17) is 9.72 Å². The van der Waals surface area contributed by atoms with Gasteiger partial charge in [-0.2, -0.15) is 0 Å². The number of methoxy groups -OCH3 is 1. The predicted octanol–water partition coefficient (Wildman–Crippen LogP) is 4.55. The highest BCUT2D eigenvalue weighted by Gasteiger charge is 2.26. The number of aromatic nitrogens is 2. The Morgan fingerprint density at radius 2 is 1.84 bits per heavy atom. The predicted molar refractivity (Wildman–Crippen MR) is 128 cm³/mol. The van der Waals surface area contributed by atoms with Gasteiger partial charge >= 0.3 is 0 Å². The number of hydrogen-bond acceptors (Lipinski definition) is 4. The van der Waals surface area contributed by atoms with Crippen molar-refractivity contribution >= 4 is 16.9 Å². The summed E-state index contributed by atoms with van der Waals surface area (Å²) >= 11 is 0. The molecule has 2 heterocycles. The maximum Gasteiger partial charge on any atom is 0.223 e. The number of rotatable bonds is 9. The van der Waals surface area contributed by atoms with Crippen LogP contribution in [0.15, 0.2) is 48.5 Å². The van der Waals surface area contributed by atoms with Crippen molar-refractivity contribution in [2.45, 2.75) is 45.6 Å². The number of benzene rings is 2. The molecule has 0 aliphatic carbocycles. The Labute approximate surface area is 190 Å². The van der Waals surface area contributed by atoms with Crippen LogP contribution in [0.5, 0.6) is 5.75 Å². The van der Waals surface area contributed by atoms with E-state index < -0.39 is 0 Å². The van der Waals surface area contributed by atoms with Crippen LogP contribution >= 0.6 is 0 Å². The Balaban J connectivity index is 1.44. The fourth-order valence-corrected chi connectivity index (χ4v) is 4.49. The summed E-state index contributed by atoms with van der Waals surface area (Å²) in [4.78, 5) is 19.8. The van der Waals surface area contributed by atoms with Gasteiger partial charge < -0.3 is 10.1 Å². The zero-order chi connectivity index (χ0) is 22.3. The molecule has 4 rings (SSSR count). The number of fused-ring (bicyclic) bond motifs is 1. The molecule has 1 saturated heterocycles. The summed E-state index contributed by atoms with van der Waals surface area (Å²) in [6.07, 6.45) is 5.23. The summed E-state index contributed by atoms with van der Waals surface area (Å²) < 4.78 is 7.56. The SMILES string of the molecule is CCCCCNC(=O)C1CCN(Cc2nc3ccccc3n2-c2ccc(OC)cc2)CC1. The lowest BCUT2D eigenvalue weighted by atomic mass is 9.96. The molecule has 1 aliphatic rings. The van der Waals surface area contributed by atoms with Crippen molar-refractivity contribution in [3.63, 3.8) is 0 Å². The molecule has 1 aliphatic heterocycles. The first-order valence-corrected chi connectivity index (χ1v) is 11.8. The molecule has 0 saturated carbocycles. The van der Waals surface area contributed by atoms with E-state index in [1.165, 1.54) is 12.8 Å². The van der Waals surface area contributed by atoms with Gasteiger partial charge in [0.15, 0.2) is 0 Å². The second kappa shape index (κ2) is 10.6. The molecule has 0 radical (unpaired) electrons. The van der Waals surface area contributed by atoms with Gasteiger partial charge in [0.25, 0.3) is 0 Å². The number of nitrogens with zero attached hydrogens (tertiary/aromatic N) is 3. The molecular weight excluding hydrogens is 400 g/mol. The number of unbranched alkanes of at least 4 members (excludes halogenated alkanes) is 2. The van der Waals surface area contributed by atoms with Gasteiger partial charge in [0.05, 0.1) is 24.7 Å². The van der Waals surface area contributed by atoms with E-state index >= 15 is 0 Å². The van der Waals surface area contributed by atoms with Gasteiger partial charge in [0, 0.05) is 18.2 Å². The first kappa shape index (κ1) is 22.3. The number of imidazole rings is 1. The minimum absolute atomic E-state index is 0.133. The molecular formula is C26H34N4O2. The third-order valence-corrected chi connectivity index (χ3v) is 6.36. The highest BCUT2D eigenvalue weighted by atomic mass is 16.5. The van der Waals surface area contributed by atoms with Crippen molar-refractivity contribution in [3.8, 4) is 11.4 Å². The monoisotopic (exact) mass is 434 g/mol. The van der Waals surface area contributed by atoms with Crippen LogP contribution in [0, 0.1) is 5.92 Å². The van der Waals surface area contributed by atoms with Crippen LogP contribution in [0.25, 0.3) is 16.7 Å². The molecule has 2 aromatic carbocycles. The van der Waals surface area contributed by atoms with Crippen LogP contribution in [0.2, 0.25) is 0 Å². The summed E-state index contributed by atoms with van der Waals surface area (Å²) in [5.74, 6) is 2.23. The van der Waals surface area contributed by atoms with Gasteiger partial charge in [-0.05, 0) is 68.8 Å². The molecule has 0 unspecified atom stereocenters. The summed E-state index contributed by atoms with van der Waals surface area (Å²) in [7, 11) is 1.68. The number of hydrogen-bond donors (Lipinski definition) is 1. The fourth-order valence-electron chi connectivity index (χ4n) is 4.49. The molecule has 170 valence electrons. The van der Waals surface area contributed by atoms with Crippen LogP contribution in [-0.4, -0.2) is 47.1 Å². The molecule has 0 bridgehead atoms. The number of carbonyl (C=O) groups is 1. The van der Waals surface area contributed by atoms with Gasteiger partial charge in [0.2, 0.25) is 5.91 Å². The van der Waals surface area contributed by atoms with E-state index in [1.54, 1.807) is 7.11 Å². The molecule has 32 heavy (non-hydrogen) atoms. The Kier molecular flexibility index (Phi) is 7.43. The molecule has 0 spiro atoms. The molecule has 0 atom stereocenters. The fraction of sp³-hybridized carbons (Fsp3) is 0.462. The summed E-state index contributed by atoms with van der Waals surface area (Å²) in [5, 5.41) is 3.13. The standard InChI is InChI=1S/C26H34N4O2/c1-3-4-7-16-27-26(31)20-14-17-29(18-15-20)19-25-28-23-8-5-6-9-24(23)30(25)21-10-12-22(32-2)13-11-21/h5-6,8-13,20H,3-4,7,14-19H2,1-2H3,(H,27,31). The third kappa shape index (κ3) is 5.13. The average Bonchev–Trinajstić information content (AvgIpc) is 3.20. The lowest BCUT2D eigenvalue weighted by Crippen LogP contribution is -2.40. The lowest BCUT2D eigenvalue weighted by Gasteiger charge is -2.31. The number of carbonyl (C=O) groups excluding carboxylic acids is 1. The molecule has 6 heteroatoms. The molecule has 1 aromatic heterocycles. The van der Waals surface area contributed by atoms with Crippen molar-refractivity contribution in [2.75, 3.05) is 26.7 Å². The molecule has 1 fully saturated rings. The van der Waals surface area contributed by atoms with Gasteiger partial charge in [-0.15, -0.1) is 0 Å². The van der Waals surface area contributed by atoms with Gasteiger partial charge in [-0.25, -0.2) is 4.98 Å². The van der Waals surface area contributed by atoms with E-state index in [0.29, 0.717) is 0 Å². The second-order valence-corrected chi connectivity index (χ2v) is 8.60. The molecule has 3 aromatic rings. The zero-order valence-electron chi connectivity index (χ0n) is 19.2. The topological polar surface area (TPSA) is 59.4 Å².